The van der Waals surface area contributed by atoms with Crippen LogP contribution >= 0.6 is 11.8 Å². The van der Waals surface area contributed by atoms with E-state index in [9.17, 15) is 9.59 Å². The van der Waals surface area contributed by atoms with Crippen molar-refractivity contribution in [3.05, 3.63) is 29.3 Å². The van der Waals surface area contributed by atoms with Gasteiger partial charge in [0.2, 0.25) is 5.91 Å². The minimum atomic E-state index is -0.150. The van der Waals surface area contributed by atoms with E-state index in [0.717, 1.165) is 5.56 Å². The van der Waals surface area contributed by atoms with E-state index in [1.54, 1.807) is 37.0 Å². The van der Waals surface area contributed by atoms with Gasteiger partial charge in [0.1, 0.15) is 0 Å². The van der Waals surface area contributed by atoms with Gasteiger partial charge in [-0.3, -0.25) is 9.59 Å². The summed E-state index contributed by atoms with van der Waals surface area (Å²) in [7, 11) is 1.59. The van der Waals surface area contributed by atoms with Gasteiger partial charge in [0, 0.05) is 23.0 Å². The van der Waals surface area contributed by atoms with Gasteiger partial charge in [-0.25, -0.2) is 0 Å². The number of hydrogen-bond donors (Lipinski definition) is 2. The first-order valence-corrected chi connectivity index (χ1v) is 7.48. The highest BCUT2D eigenvalue weighted by Gasteiger charge is 2.15. The maximum Gasteiger partial charge on any atom is 0.251 e. The van der Waals surface area contributed by atoms with Crippen molar-refractivity contribution in [3.8, 4) is 0 Å². The number of carbonyl (C=O) groups is 2. The molecule has 0 saturated heterocycles. The second kappa shape index (κ2) is 6.79. The van der Waals surface area contributed by atoms with Gasteiger partial charge in [0.25, 0.3) is 5.91 Å². The topological polar surface area (TPSA) is 58.2 Å². The monoisotopic (exact) mass is 294 g/mol. The number of benzene rings is 1. The van der Waals surface area contributed by atoms with Crippen molar-refractivity contribution in [1.82, 2.24) is 5.32 Å². The fraction of sp³-hybridized carbons (Fsp3) is 0.467. The molecule has 0 unspecified atom stereocenters. The molecule has 2 N–H and O–H groups in total. The Bertz CT molecular complexity index is 507. The number of carbonyl (C=O) groups excluding carboxylic acids is 2. The van der Waals surface area contributed by atoms with Crippen molar-refractivity contribution in [2.75, 3.05) is 18.1 Å². The molecule has 0 atom stereocenters. The molecular weight excluding hydrogens is 272 g/mol. The summed E-state index contributed by atoms with van der Waals surface area (Å²) in [6.07, 6.45) is 0. The Kier molecular flexibility index (Phi) is 5.62. The average Bonchev–Trinajstić information content (AvgIpc) is 2.37. The van der Waals surface area contributed by atoms with Crippen LogP contribution in [0.4, 0.5) is 5.69 Å². The minimum Gasteiger partial charge on any atom is -0.355 e. The summed E-state index contributed by atoms with van der Waals surface area (Å²) in [5.41, 5.74) is 2.04. The molecular formula is C15H22N2O2S. The van der Waals surface area contributed by atoms with Crippen LogP contribution in [0, 0.1) is 6.92 Å². The van der Waals surface area contributed by atoms with Crippen molar-refractivity contribution in [3.63, 3.8) is 0 Å². The van der Waals surface area contributed by atoms with E-state index in [1.165, 1.54) is 0 Å². The lowest BCUT2D eigenvalue weighted by atomic mass is 10.1. The second-order valence-corrected chi connectivity index (χ2v) is 7.31. The van der Waals surface area contributed by atoms with E-state index in [0.29, 0.717) is 17.0 Å². The number of anilines is 1. The largest absolute Gasteiger partial charge is 0.355 e. The average molecular weight is 294 g/mol. The molecule has 0 saturated carbocycles. The number of hydrogen-bond acceptors (Lipinski definition) is 3. The highest BCUT2D eigenvalue weighted by Crippen LogP contribution is 2.24. The predicted molar refractivity (Wildman–Crippen MR) is 85.4 cm³/mol. The molecule has 0 bridgehead atoms. The molecule has 0 radical (unpaired) electrons. The zero-order valence-corrected chi connectivity index (χ0v) is 13.5. The number of thioether (sulfide) groups is 1. The molecule has 20 heavy (non-hydrogen) atoms. The van der Waals surface area contributed by atoms with Crippen molar-refractivity contribution in [1.29, 1.82) is 0 Å². The van der Waals surface area contributed by atoms with Gasteiger partial charge in [0.05, 0.1) is 5.75 Å². The fourth-order valence-electron chi connectivity index (χ4n) is 1.62. The molecule has 0 fully saturated rings. The molecule has 0 aliphatic carbocycles. The van der Waals surface area contributed by atoms with Crippen LogP contribution in [0.2, 0.25) is 0 Å². The van der Waals surface area contributed by atoms with Crippen molar-refractivity contribution in [2.45, 2.75) is 32.4 Å². The Morgan fingerprint density at radius 1 is 1.25 bits per heavy atom. The van der Waals surface area contributed by atoms with Crippen LogP contribution in [-0.4, -0.2) is 29.4 Å². The lowest BCUT2D eigenvalue weighted by Gasteiger charge is -2.17. The maximum atomic E-state index is 11.9. The van der Waals surface area contributed by atoms with Crippen molar-refractivity contribution in [2.24, 2.45) is 0 Å². The van der Waals surface area contributed by atoms with Crippen LogP contribution in [0.3, 0.4) is 0 Å². The van der Waals surface area contributed by atoms with E-state index in [1.807, 2.05) is 6.92 Å². The Morgan fingerprint density at radius 2 is 1.90 bits per heavy atom. The van der Waals surface area contributed by atoms with E-state index in [2.05, 4.69) is 31.4 Å². The van der Waals surface area contributed by atoms with Crippen molar-refractivity contribution < 1.29 is 9.59 Å². The third kappa shape index (κ3) is 4.89. The predicted octanol–water partition coefficient (Wildman–Crippen LogP) is 2.82. The molecule has 0 spiro atoms. The summed E-state index contributed by atoms with van der Waals surface area (Å²) in [6, 6.07) is 5.32. The van der Waals surface area contributed by atoms with Crippen LogP contribution in [0.25, 0.3) is 0 Å². The summed E-state index contributed by atoms with van der Waals surface area (Å²) in [6.45, 7) is 8.05. The number of nitrogens with one attached hydrogen (secondary N) is 2. The first-order chi connectivity index (χ1) is 9.24. The summed E-state index contributed by atoms with van der Waals surface area (Å²) in [4.78, 5) is 23.6. The van der Waals surface area contributed by atoms with Gasteiger partial charge in [-0.1, -0.05) is 26.8 Å². The van der Waals surface area contributed by atoms with Crippen molar-refractivity contribution >= 4 is 29.3 Å². The Morgan fingerprint density at radius 3 is 2.45 bits per heavy atom. The molecule has 0 aliphatic heterocycles. The Balaban J connectivity index is 2.78. The summed E-state index contributed by atoms with van der Waals surface area (Å²) in [5.74, 6) is 0.192. The van der Waals surface area contributed by atoms with Crippen LogP contribution in [0.15, 0.2) is 18.2 Å². The molecule has 0 aliphatic rings. The molecule has 110 valence electrons. The van der Waals surface area contributed by atoms with Gasteiger partial charge >= 0.3 is 0 Å². The highest BCUT2D eigenvalue weighted by molar-refractivity contribution is 8.01. The number of amides is 2. The molecule has 1 aromatic rings. The quantitative estimate of drug-likeness (QED) is 0.897. The van der Waals surface area contributed by atoms with Crippen LogP contribution in [-0.2, 0) is 4.79 Å². The Hall–Kier alpha value is -1.49. The van der Waals surface area contributed by atoms with Gasteiger partial charge in [-0.15, -0.1) is 11.8 Å². The molecule has 4 nitrogen and oxygen atoms in total. The molecule has 1 aromatic carbocycles. The first-order valence-electron chi connectivity index (χ1n) is 6.50. The zero-order chi connectivity index (χ0) is 15.3. The van der Waals surface area contributed by atoms with Gasteiger partial charge < -0.3 is 10.6 Å². The smallest absolute Gasteiger partial charge is 0.251 e. The third-order valence-electron chi connectivity index (χ3n) is 2.72. The Labute approximate surface area is 124 Å². The summed E-state index contributed by atoms with van der Waals surface area (Å²) >= 11 is 1.59. The molecule has 1 rings (SSSR count). The normalized spacial score (nSPS) is 11.1. The maximum absolute atomic E-state index is 11.9. The minimum absolute atomic E-state index is 0.0519. The van der Waals surface area contributed by atoms with E-state index >= 15 is 0 Å². The fourth-order valence-corrected chi connectivity index (χ4v) is 2.26. The standard InChI is InChI=1S/C15H22N2O2S/c1-10-11(14(19)16-5)7-6-8-12(10)17-13(18)9-20-15(2,3)4/h6-8H,9H2,1-5H3,(H,16,19)(H,17,18). The lowest BCUT2D eigenvalue weighted by Crippen LogP contribution is -2.22. The van der Waals surface area contributed by atoms with Gasteiger partial charge in [-0.2, -0.15) is 0 Å². The van der Waals surface area contributed by atoms with Crippen LogP contribution < -0.4 is 10.6 Å². The molecule has 0 aromatic heterocycles. The van der Waals surface area contributed by atoms with Gasteiger partial charge in [0.15, 0.2) is 0 Å². The SMILES string of the molecule is CNC(=O)c1cccc(NC(=O)CSC(C)(C)C)c1C. The molecule has 0 heterocycles. The highest BCUT2D eigenvalue weighted by atomic mass is 32.2. The molecule has 2 amide bonds. The summed E-state index contributed by atoms with van der Waals surface area (Å²) < 4.78 is 0.0519. The van der Waals surface area contributed by atoms with E-state index < -0.39 is 0 Å². The summed E-state index contributed by atoms with van der Waals surface area (Å²) in [5, 5.41) is 5.45. The third-order valence-corrected chi connectivity index (χ3v) is 3.99. The molecule has 5 heteroatoms. The van der Waals surface area contributed by atoms with Gasteiger partial charge in [-0.05, 0) is 24.6 Å². The van der Waals surface area contributed by atoms with E-state index in [-0.39, 0.29) is 16.6 Å². The first kappa shape index (κ1) is 16.6. The van der Waals surface area contributed by atoms with E-state index in [4.69, 9.17) is 0 Å². The zero-order valence-electron chi connectivity index (χ0n) is 12.7. The van der Waals surface area contributed by atoms with Crippen LogP contribution in [0.5, 0.6) is 0 Å². The second-order valence-electron chi connectivity index (χ2n) is 5.51. The van der Waals surface area contributed by atoms with Crippen LogP contribution in [0.1, 0.15) is 36.7 Å². The lowest BCUT2D eigenvalue weighted by molar-refractivity contribution is -0.113. The number of rotatable bonds is 4.